The van der Waals surface area contributed by atoms with Crippen molar-refractivity contribution in [3.8, 4) is 0 Å². The third-order valence-electron chi connectivity index (χ3n) is 5.30. The Bertz CT molecular complexity index is 953. The Hall–Kier alpha value is -2.68. The van der Waals surface area contributed by atoms with Crippen LogP contribution < -0.4 is 11.0 Å². The summed E-state index contributed by atoms with van der Waals surface area (Å²) in [5.74, 6) is -0.0563. The van der Waals surface area contributed by atoms with Gasteiger partial charge < -0.3 is 15.3 Å². The fourth-order valence-electron chi connectivity index (χ4n) is 3.18. The maximum Gasteiger partial charge on any atom is 0.329 e. The number of hydrogen-bond donors (Lipinski definition) is 2. The maximum atomic E-state index is 12.1. The van der Waals surface area contributed by atoms with Gasteiger partial charge in [0.05, 0.1) is 18.6 Å². The first-order chi connectivity index (χ1) is 12.6. The molecule has 0 atom stereocenters. The van der Waals surface area contributed by atoms with Gasteiger partial charge >= 0.3 is 5.69 Å². The highest BCUT2D eigenvalue weighted by Crippen LogP contribution is 2.29. The number of aryl methyl sites for hydroxylation is 2. The van der Waals surface area contributed by atoms with Crippen LogP contribution in [0.4, 0.5) is 5.82 Å². The summed E-state index contributed by atoms with van der Waals surface area (Å²) in [5, 5.41) is 12.9. The van der Waals surface area contributed by atoms with Crippen LogP contribution >= 0.6 is 0 Å². The molecule has 1 saturated heterocycles. The smallest absolute Gasteiger partial charge is 0.329 e. The number of aliphatic hydroxyl groups is 1. The Labute approximate surface area is 156 Å². The summed E-state index contributed by atoms with van der Waals surface area (Å²) in [5.41, 5.74) is 0.140. The van der Waals surface area contributed by atoms with Crippen LogP contribution in [-0.4, -0.2) is 54.6 Å². The molecule has 1 aliphatic rings. The molecule has 0 aromatic carbocycles. The van der Waals surface area contributed by atoms with Crippen LogP contribution in [-0.2, 0) is 23.7 Å². The zero-order valence-electron chi connectivity index (χ0n) is 16.0. The van der Waals surface area contributed by atoms with Crippen molar-refractivity contribution in [3.63, 3.8) is 0 Å². The summed E-state index contributed by atoms with van der Waals surface area (Å²) in [4.78, 5) is 42.1. The van der Waals surface area contributed by atoms with Gasteiger partial charge in [-0.1, -0.05) is 13.8 Å². The Morgan fingerprint density at radius 2 is 1.89 bits per heavy atom. The summed E-state index contributed by atoms with van der Waals surface area (Å²) < 4.78 is 2.90. The van der Waals surface area contributed by atoms with Gasteiger partial charge in [0.25, 0.3) is 0 Å². The minimum absolute atomic E-state index is 0.0306. The molecule has 9 heteroatoms. The highest BCUT2D eigenvalue weighted by molar-refractivity contribution is 5.93. The number of amides is 2. The third kappa shape index (κ3) is 3.46. The number of carbonyl (C=O) groups excluding carboxylic acids is 2. The minimum Gasteiger partial charge on any atom is -0.386 e. The SMILES string of the molecule is CC(C)C1(O)CN(C(=O)CCC(=O)Nc2ccc3c(n2)n(C)c(=O)n3C)C1. The first kappa shape index (κ1) is 19.1. The molecule has 2 amide bonds. The van der Waals surface area contributed by atoms with Crippen molar-refractivity contribution in [2.45, 2.75) is 32.3 Å². The van der Waals surface area contributed by atoms with Gasteiger partial charge in [0, 0.05) is 26.9 Å². The summed E-state index contributed by atoms with van der Waals surface area (Å²) >= 11 is 0. The van der Waals surface area contributed by atoms with E-state index in [4.69, 9.17) is 0 Å². The molecule has 1 fully saturated rings. The van der Waals surface area contributed by atoms with Crippen LogP contribution in [0.15, 0.2) is 16.9 Å². The van der Waals surface area contributed by atoms with Gasteiger partial charge in [-0.15, -0.1) is 0 Å². The Morgan fingerprint density at radius 1 is 1.22 bits per heavy atom. The summed E-state index contributed by atoms with van der Waals surface area (Å²) in [6.45, 7) is 4.46. The second-order valence-corrected chi connectivity index (χ2v) is 7.50. The van der Waals surface area contributed by atoms with Gasteiger partial charge in [-0.05, 0) is 18.1 Å². The lowest BCUT2D eigenvalue weighted by molar-refractivity contribution is -0.164. The monoisotopic (exact) mass is 375 g/mol. The van der Waals surface area contributed by atoms with E-state index in [2.05, 4.69) is 10.3 Å². The largest absolute Gasteiger partial charge is 0.386 e. The first-order valence-corrected chi connectivity index (χ1v) is 8.95. The predicted molar refractivity (Wildman–Crippen MR) is 100 cm³/mol. The van der Waals surface area contributed by atoms with Crippen molar-refractivity contribution in [1.82, 2.24) is 19.0 Å². The molecule has 1 aliphatic heterocycles. The number of carbonyl (C=O) groups is 2. The molecule has 3 heterocycles. The topological polar surface area (TPSA) is 109 Å². The molecule has 0 spiro atoms. The molecular weight excluding hydrogens is 350 g/mol. The van der Waals surface area contributed by atoms with Crippen LogP contribution in [0.5, 0.6) is 0 Å². The third-order valence-corrected chi connectivity index (χ3v) is 5.30. The Kier molecular flexibility index (Phi) is 4.81. The molecule has 2 N–H and O–H groups in total. The summed E-state index contributed by atoms with van der Waals surface area (Å²) in [7, 11) is 3.28. The number of pyridine rings is 1. The molecule has 3 rings (SSSR count). The van der Waals surface area contributed by atoms with Crippen LogP contribution in [0, 0.1) is 5.92 Å². The molecular formula is C18H25N5O4. The molecule has 0 saturated carbocycles. The number of likely N-dealkylation sites (tertiary alicyclic amines) is 1. The van der Waals surface area contributed by atoms with Crippen molar-refractivity contribution in [1.29, 1.82) is 0 Å². The minimum atomic E-state index is -0.817. The molecule has 0 unspecified atom stereocenters. The van der Waals surface area contributed by atoms with Gasteiger partial charge in [-0.25, -0.2) is 9.78 Å². The second-order valence-electron chi connectivity index (χ2n) is 7.50. The molecule has 27 heavy (non-hydrogen) atoms. The quantitative estimate of drug-likeness (QED) is 0.777. The number of β-amino-alcohol motifs (C(OH)–C–C–N with tert-alkyl or cyclic N) is 1. The van der Waals surface area contributed by atoms with Gasteiger partial charge in [-0.3, -0.25) is 18.7 Å². The Balaban J connectivity index is 1.56. The average Bonchev–Trinajstić information content (AvgIpc) is 2.81. The van der Waals surface area contributed by atoms with Crippen molar-refractivity contribution in [3.05, 3.63) is 22.6 Å². The lowest BCUT2D eigenvalue weighted by Gasteiger charge is -2.49. The summed E-state index contributed by atoms with van der Waals surface area (Å²) in [6.07, 6.45) is 0.106. The average molecular weight is 375 g/mol. The number of aromatic nitrogens is 3. The van der Waals surface area contributed by atoms with Crippen LogP contribution in [0.1, 0.15) is 26.7 Å². The van der Waals surface area contributed by atoms with E-state index in [0.717, 1.165) is 0 Å². The van der Waals surface area contributed by atoms with E-state index in [9.17, 15) is 19.5 Å². The van der Waals surface area contributed by atoms with Crippen LogP contribution in [0.2, 0.25) is 0 Å². The van der Waals surface area contributed by atoms with E-state index in [-0.39, 0.29) is 36.3 Å². The normalized spacial score (nSPS) is 15.9. The number of anilines is 1. The molecule has 2 aromatic rings. The summed E-state index contributed by atoms with van der Waals surface area (Å²) in [6, 6.07) is 3.34. The second kappa shape index (κ2) is 6.80. The molecule has 0 radical (unpaired) electrons. The van der Waals surface area contributed by atoms with E-state index in [1.165, 1.54) is 9.13 Å². The van der Waals surface area contributed by atoms with Gasteiger partial charge in [-0.2, -0.15) is 0 Å². The van der Waals surface area contributed by atoms with Gasteiger partial charge in [0.15, 0.2) is 5.65 Å². The van der Waals surface area contributed by atoms with Crippen molar-refractivity contribution >= 4 is 28.8 Å². The number of nitrogens with one attached hydrogen (secondary N) is 1. The van der Waals surface area contributed by atoms with Gasteiger partial charge in [0.1, 0.15) is 11.4 Å². The zero-order chi connectivity index (χ0) is 19.9. The van der Waals surface area contributed by atoms with Crippen molar-refractivity contribution < 1.29 is 14.7 Å². The zero-order valence-corrected chi connectivity index (χ0v) is 16.0. The molecule has 9 nitrogen and oxygen atoms in total. The van der Waals surface area contributed by atoms with Crippen molar-refractivity contribution in [2.75, 3.05) is 18.4 Å². The standard InChI is InChI=1S/C18H25N5O4/c1-11(2)18(27)9-23(10-18)15(25)8-7-14(24)19-13-6-5-12-16(20-13)22(4)17(26)21(12)3/h5-6,11,27H,7-10H2,1-4H3,(H,19,20,24). The highest BCUT2D eigenvalue weighted by atomic mass is 16.3. The molecule has 146 valence electrons. The maximum absolute atomic E-state index is 12.1. The molecule has 0 aliphatic carbocycles. The molecule has 2 aromatic heterocycles. The van der Waals surface area contributed by atoms with E-state index < -0.39 is 5.60 Å². The van der Waals surface area contributed by atoms with Crippen LogP contribution in [0.3, 0.4) is 0 Å². The number of rotatable bonds is 5. The van der Waals surface area contributed by atoms with E-state index in [1.807, 2.05) is 13.8 Å². The highest BCUT2D eigenvalue weighted by Gasteiger charge is 2.45. The number of hydrogen-bond acceptors (Lipinski definition) is 5. The number of imidazole rings is 1. The van der Waals surface area contributed by atoms with Crippen LogP contribution in [0.25, 0.3) is 11.2 Å². The fraction of sp³-hybridized carbons (Fsp3) is 0.556. The van der Waals surface area contributed by atoms with E-state index in [1.54, 1.807) is 31.1 Å². The lowest BCUT2D eigenvalue weighted by atomic mass is 9.83. The lowest BCUT2D eigenvalue weighted by Crippen LogP contribution is -2.65. The van der Waals surface area contributed by atoms with E-state index in [0.29, 0.717) is 30.1 Å². The Morgan fingerprint density at radius 3 is 2.52 bits per heavy atom. The fourth-order valence-corrected chi connectivity index (χ4v) is 3.18. The number of fused-ring (bicyclic) bond motifs is 1. The molecule has 0 bridgehead atoms. The van der Waals surface area contributed by atoms with E-state index >= 15 is 0 Å². The first-order valence-electron chi connectivity index (χ1n) is 8.95. The number of nitrogens with zero attached hydrogens (tertiary/aromatic N) is 4. The predicted octanol–water partition coefficient (Wildman–Crippen LogP) is 0.220. The van der Waals surface area contributed by atoms with Crippen molar-refractivity contribution in [2.24, 2.45) is 20.0 Å². The van der Waals surface area contributed by atoms with Gasteiger partial charge in [0.2, 0.25) is 11.8 Å².